The van der Waals surface area contributed by atoms with Crippen LogP contribution in [0.3, 0.4) is 0 Å². The maximum atomic E-state index is 13.0. The minimum atomic E-state index is -0.218. The molecule has 1 aromatic rings. The van der Waals surface area contributed by atoms with Gasteiger partial charge in [0.15, 0.2) is 0 Å². The standard InChI is InChI=1S/C15H21FN2O2/c16-13-6-1-4-12(10-13)5-2-8-17-15(19)18-11-14-7-3-9-20-14/h1,4,6,10,14H,2-3,5,7-9,11H2,(H2,17,18,19)/t14-/m0/s1. The second kappa shape index (κ2) is 7.85. The molecule has 0 radical (unpaired) electrons. The number of hydrogen-bond donors (Lipinski definition) is 2. The lowest BCUT2D eigenvalue weighted by Gasteiger charge is -2.11. The Kier molecular flexibility index (Phi) is 5.80. The van der Waals surface area contributed by atoms with Gasteiger partial charge in [-0.2, -0.15) is 0 Å². The Labute approximate surface area is 118 Å². The van der Waals surface area contributed by atoms with Crippen LogP contribution in [0.4, 0.5) is 9.18 Å². The molecular weight excluding hydrogens is 259 g/mol. The quantitative estimate of drug-likeness (QED) is 0.785. The largest absolute Gasteiger partial charge is 0.376 e. The molecule has 1 saturated heterocycles. The molecule has 0 aromatic heterocycles. The van der Waals surface area contributed by atoms with Gasteiger partial charge in [-0.3, -0.25) is 0 Å². The molecule has 0 unspecified atom stereocenters. The van der Waals surface area contributed by atoms with Crippen LogP contribution in [0, 0.1) is 5.82 Å². The number of carbonyl (C=O) groups excluding carboxylic acids is 1. The zero-order chi connectivity index (χ0) is 14.2. The van der Waals surface area contributed by atoms with Gasteiger partial charge < -0.3 is 15.4 Å². The lowest BCUT2D eigenvalue weighted by Crippen LogP contribution is -2.40. The molecule has 110 valence electrons. The minimum Gasteiger partial charge on any atom is -0.376 e. The molecule has 1 aliphatic rings. The number of urea groups is 1. The molecule has 0 spiro atoms. The smallest absolute Gasteiger partial charge is 0.314 e. The third-order valence-corrected chi connectivity index (χ3v) is 3.33. The van der Waals surface area contributed by atoms with E-state index in [0.29, 0.717) is 13.1 Å². The van der Waals surface area contributed by atoms with Gasteiger partial charge in [0.1, 0.15) is 5.82 Å². The highest BCUT2D eigenvalue weighted by Crippen LogP contribution is 2.10. The van der Waals surface area contributed by atoms with Crippen LogP contribution in [0.1, 0.15) is 24.8 Å². The zero-order valence-corrected chi connectivity index (χ0v) is 11.5. The molecule has 1 aliphatic heterocycles. The van der Waals surface area contributed by atoms with E-state index in [2.05, 4.69) is 10.6 Å². The van der Waals surface area contributed by atoms with E-state index in [9.17, 15) is 9.18 Å². The Morgan fingerprint density at radius 1 is 1.40 bits per heavy atom. The van der Waals surface area contributed by atoms with E-state index in [1.165, 1.54) is 12.1 Å². The number of nitrogens with one attached hydrogen (secondary N) is 2. The Hall–Kier alpha value is -1.62. The number of rotatable bonds is 6. The first-order valence-electron chi connectivity index (χ1n) is 7.12. The van der Waals surface area contributed by atoms with Crippen molar-refractivity contribution in [3.05, 3.63) is 35.6 Å². The second-order valence-corrected chi connectivity index (χ2v) is 5.01. The fourth-order valence-corrected chi connectivity index (χ4v) is 2.26. The summed E-state index contributed by atoms with van der Waals surface area (Å²) in [6, 6.07) is 6.38. The highest BCUT2D eigenvalue weighted by Gasteiger charge is 2.15. The molecule has 0 aliphatic carbocycles. The number of amides is 2. The van der Waals surface area contributed by atoms with Crippen LogP contribution in [0.25, 0.3) is 0 Å². The van der Waals surface area contributed by atoms with Crippen LogP contribution in [0.2, 0.25) is 0 Å². The monoisotopic (exact) mass is 280 g/mol. The van der Waals surface area contributed by atoms with E-state index in [-0.39, 0.29) is 18.0 Å². The summed E-state index contributed by atoms with van der Waals surface area (Å²) in [4.78, 5) is 11.5. The molecule has 1 fully saturated rings. The summed E-state index contributed by atoms with van der Waals surface area (Å²) in [5.41, 5.74) is 0.951. The van der Waals surface area contributed by atoms with Gasteiger partial charge in [-0.1, -0.05) is 12.1 Å². The van der Waals surface area contributed by atoms with Crippen LogP contribution < -0.4 is 10.6 Å². The van der Waals surface area contributed by atoms with Crippen LogP contribution in [0.5, 0.6) is 0 Å². The number of halogens is 1. The van der Waals surface area contributed by atoms with Crippen molar-refractivity contribution in [3.63, 3.8) is 0 Å². The first-order chi connectivity index (χ1) is 9.74. The van der Waals surface area contributed by atoms with Crippen molar-refractivity contribution in [1.29, 1.82) is 0 Å². The topological polar surface area (TPSA) is 50.4 Å². The maximum absolute atomic E-state index is 13.0. The molecule has 2 amide bonds. The van der Waals surface area contributed by atoms with Crippen LogP contribution >= 0.6 is 0 Å². The summed E-state index contributed by atoms with van der Waals surface area (Å²) >= 11 is 0. The van der Waals surface area contributed by atoms with Crippen molar-refractivity contribution >= 4 is 6.03 Å². The van der Waals surface area contributed by atoms with Gasteiger partial charge in [-0.05, 0) is 43.4 Å². The van der Waals surface area contributed by atoms with Crippen molar-refractivity contribution in [1.82, 2.24) is 10.6 Å². The number of benzene rings is 1. The highest BCUT2D eigenvalue weighted by atomic mass is 19.1. The van der Waals surface area contributed by atoms with E-state index in [4.69, 9.17) is 4.74 Å². The van der Waals surface area contributed by atoms with E-state index in [1.54, 1.807) is 6.07 Å². The van der Waals surface area contributed by atoms with Gasteiger partial charge in [0.2, 0.25) is 0 Å². The molecular formula is C15H21FN2O2. The predicted molar refractivity (Wildman–Crippen MR) is 75.1 cm³/mol. The van der Waals surface area contributed by atoms with Crippen molar-refractivity contribution < 1.29 is 13.9 Å². The van der Waals surface area contributed by atoms with Crippen molar-refractivity contribution in [2.45, 2.75) is 31.8 Å². The molecule has 4 nitrogen and oxygen atoms in total. The molecule has 0 saturated carbocycles. The van der Waals surface area contributed by atoms with Gasteiger partial charge in [0, 0.05) is 19.7 Å². The summed E-state index contributed by atoms with van der Waals surface area (Å²) in [5.74, 6) is -0.218. The van der Waals surface area contributed by atoms with Gasteiger partial charge in [0.05, 0.1) is 6.10 Å². The summed E-state index contributed by atoms with van der Waals surface area (Å²) in [5, 5.41) is 5.59. The Morgan fingerprint density at radius 3 is 3.05 bits per heavy atom. The van der Waals surface area contributed by atoms with E-state index >= 15 is 0 Å². The molecule has 2 rings (SSSR count). The lowest BCUT2D eigenvalue weighted by molar-refractivity contribution is 0.111. The molecule has 1 aromatic carbocycles. The number of carbonyl (C=O) groups is 1. The molecule has 5 heteroatoms. The molecule has 2 N–H and O–H groups in total. The first kappa shape index (κ1) is 14.8. The fourth-order valence-electron chi connectivity index (χ4n) is 2.26. The molecule has 20 heavy (non-hydrogen) atoms. The number of aryl methyl sites for hydroxylation is 1. The minimum absolute atomic E-state index is 0.160. The van der Waals surface area contributed by atoms with E-state index in [1.807, 2.05) is 6.07 Å². The third kappa shape index (κ3) is 5.17. The van der Waals surface area contributed by atoms with Crippen molar-refractivity contribution in [3.8, 4) is 0 Å². The Balaban J connectivity index is 1.55. The van der Waals surface area contributed by atoms with Gasteiger partial charge in [0.25, 0.3) is 0 Å². The molecule has 1 heterocycles. The average molecular weight is 280 g/mol. The number of hydrogen-bond acceptors (Lipinski definition) is 2. The Morgan fingerprint density at radius 2 is 2.30 bits per heavy atom. The second-order valence-electron chi connectivity index (χ2n) is 5.01. The SMILES string of the molecule is O=C(NCCCc1cccc(F)c1)NC[C@@H]1CCCO1. The highest BCUT2D eigenvalue weighted by molar-refractivity contribution is 5.73. The van der Waals surface area contributed by atoms with Crippen LogP contribution in [0.15, 0.2) is 24.3 Å². The lowest BCUT2D eigenvalue weighted by atomic mass is 10.1. The normalized spacial score (nSPS) is 17.9. The fraction of sp³-hybridized carbons (Fsp3) is 0.533. The van der Waals surface area contributed by atoms with Crippen molar-refractivity contribution in [2.75, 3.05) is 19.7 Å². The summed E-state index contributed by atoms with van der Waals surface area (Å²) in [6.45, 7) is 1.94. The van der Waals surface area contributed by atoms with E-state index < -0.39 is 0 Å². The molecule has 1 atom stereocenters. The third-order valence-electron chi connectivity index (χ3n) is 3.33. The van der Waals surface area contributed by atoms with Gasteiger partial charge in [-0.15, -0.1) is 0 Å². The molecule has 0 bridgehead atoms. The van der Waals surface area contributed by atoms with Gasteiger partial charge >= 0.3 is 6.03 Å². The summed E-state index contributed by atoms with van der Waals surface area (Å²) in [7, 11) is 0. The summed E-state index contributed by atoms with van der Waals surface area (Å²) < 4.78 is 18.4. The maximum Gasteiger partial charge on any atom is 0.314 e. The van der Waals surface area contributed by atoms with Gasteiger partial charge in [-0.25, -0.2) is 9.18 Å². The number of ether oxygens (including phenoxy) is 1. The first-order valence-corrected chi connectivity index (χ1v) is 7.12. The zero-order valence-electron chi connectivity index (χ0n) is 11.5. The summed E-state index contributed by atoms with van der Waals surface area (Å²) in [6.07, 6.45) is 3.79. The predicted octanol–water partition coefficient (Wildman–Crippen LogP) is 2.24. The van der Waals surface area contributed by atoms with Crippen LogP contribution in [-0.2, 0) is 11.2 Å². The van der Waals surface area contributed by atoms with Crippen LogP contribution in [-0.4, -0.2) is 31.8 Å². The van der Waals surface area contributed by atoms with Crippen molar-refractivity contribution in [2.24, 2.45) is 0 Å². The Bertz CT molecular complexity index is 434. The van der Waals surface area contributed by atoms with E-state index in [0.717, 1.165) is 37.9 Å². The average Bonchev–Trinajstić information content (AvgIpc) is 2.95.